The molecule has 0 bridgehead atoms. The number of rotatable bonds is 6. The Hall–Kier alpha value is -1.15. The van der Waals surface area contributed by atoms with Gasteiger partial charge in [-0.15, -0.1) is 0 Å². The maximum absolute atomic E-state index is 12.1. The van der Waals surface area contributed by atoms with Crippen molar-refractivity contribution in [3.63, 3.8) is 0 Å². The van der Waals surface area contributed by atoms with Crippen molar-refractivity contribution < 1.29 is 64.3 Å². The molecule has 1 heterocycles. The molecule has 1 amide bonds. The number of nitrogens with two attached hydrogens (primary N) is 4. The van der Waals surface area contributed by atoms with Gasteiger partial charge in [0.2, 0.25) is 5.91 Å². The average molecular weight is 602 g/mol. The van der Waals surface area contributed by atoms with E-state index in [1.165, 1.54) is 19.1 Å². The van der Waals surface area contributed by atoms with Gasteiger partial charge in [-0.05, 0) is 19.8 Å². The predicted octanol–water partition coefficient (Wildman–Crippen LogP) is -4.89. The minimum atomic E-state index is -4.67. The molecular weight excluding hydrogens is 562 g/mol. The smallest absolute Gasteiger partial charge is 0.389 e. The minimum Gasteiger partial charge on any atom is -0.389 e. The summed E-state index contributed by atoms with van der Waals surface area (Å²) in [6.07, 6.45) is -4.16. The first-order valence-corrected chi connectivity index (χ1v) is 13.7. The molecule has 0 spiro atoms. The number of ether oxygens (including phenoxy) is 3. The Balaban J connectivity index is 0.00000116. The number of hydrogen-bond acceptors (Lipinski definition) is 14. The molecular formula is C17H39N5O14S2. The van der Waals surface area contributed by atoms with E-state index in [2.05, 4.69) is 0 Å². The number of hydrogen-bond donors (Lipinski definition) is 10. The third-order valence-electron chi connectivity index (χ3n) is 5.74. The SMILES string of the molecule is CO[C@H]1[C@H](O)[C@@H](N)[C@@H](O[C@H]2O[C@H](C(C)N)CCC2N)[C@H](O)[C@H]1N(C)C(=O)CN.O=S(=O)(O)O.O=S(=O)(O)O. The highest BCUT2D eigenvalue weighted by Crippen LogP contribution is 2.31. The van der Waals surface area contributed by atoms with Crippen molar-refractivity contribution in [1.29, 1.82) is 0 Å². The number of nitrogens with zero attached hydrogens (tertiary/aromatic N) is 1. The lowest BCUT2D eigenvalue weighted by atomic mass is 9.80. The van der Waals surface area contributed by atoms with Gasteiger partial charge < -0.3 is 52.3 Å². The zero-order valence-corrected chi connectivity index (χ0v) is 22.6. The zero-order chi connectivity index (χ0) is 30.2. The second-order valence-corrected chi connectivity index (χ2v) is 10.4. The lowest BCUT2D eigenvalue weighted by Crippen LogP contribution is -2.72. The van der Waals surface area contributed by atoms with Crippen LogP contribution in [0.2, 0.25) is 0 Å². The van der Waals surface area contributed by atoms with Crippen LogP contribution in [0.15, 0.2) is 0 Å². The van der Waals surface area contributed by atoms with Crippen molar-refractivity contribution in [3.05, 3.63) is 0 Å². The Morgan fingerprint density at radius 2 is 1.50 bits per heavy atom. The van der Waals surface area contributed by atoms with Crippen molar-refractivity contribution in [3.8, 4) is 0 Å². The van der Waals surface area contributed by atoms with Crippen LogP contribution in [0.4, 0.5) is 0 Å². The van der Waals surface area contributed by atoms with Crippen LogP contribution in [0.1, 0.15) is 19.8 Å². The first-order chi connectivity index (χ1) is 17.1. The number of carbonyl (C=O) groups excluding carboxylic acids is 1. The molecule has 0 radical (unpaired) electrons. The molecule has 2 fully saturated rings. The van der Waals surface area contributed by atoms with Crippen molar-refractivity contribution in [2.24, 2.45) is 22.9 Å². The molecule has 19 nitrogen and oxygen atoms in total. The van der Waals surface area contributed by atoms with E-state index in [1.807, 2.05) is 6.92 Å². The quantitative estimate of drug-likeness (QED) is 0.127. The Bertz CT molecular complexity index is 893. The zero-order valence-electron chi connectivity index (χ0n) is 20.9. The summed E-state index contributed by atoms with van der Waals surface area (Å²) in [5, 5.41) is 21.6. The van der Waals surface area contributed by atoms with Crippen molar-refractivity contribution in [2.75, 3.05) is 20.7 Å². The van der Waals surface area contributed by atoms with Gasteiger partial charge in [0.25, 0.3) is 0 Å². The first kappa shape index (κ1) is 36.8. The van der Waals surface area contributed by atoms with Gasteiger partial charge in [-0.3, -0.25) is 23.0 Å². The van der Waals surface area contributed by atoms with E-state index in [0.29, 0.717) is 12.8 Å². The summed E-state index contributed by atoms with van der Waals surface area (Å²) in [4.78, 5) is 13.3. The Morgan fingerprint density at radius 1 is 1.03 bits per heavy atom. The Morgan fingerprint density at radius 3 is 1.89 bits per heavy atom. The van der Waals surface area contributed by atoms with Crippen molar-refractivity contribution in [2.45, 2.75) is 80.7 Å². The fourth-order valence-electron chi connectivity index (χ4n) is 3.95. The number of amides is 1. The van der Waals surface area contributed by atoms with Gasteiger partial charge in [0, 0.05) is 20.2 Å². The topological polar surface area (TPSA) is 342 Å². The van der Waals surface area contributed by atoms with Gasteiger partial charge in [-0.2, -0.15) is 16.8 Å². The van der Waals surface area contributed by atoms with Gasteiger partial charge in [0.05, 0.1) is 36.9 Å². The highest BCUT2D eigenvalue weighted by molar-refractivity contribution is 7.80. The third-order valence-corrected chi connectivity index (χ3v) is 5.74. The van der Waals surface area contributed by atoms with E-state index in [4.69, 9.17) is 72.2 Å². The van der Waals surface area contributed by atoms with Crippen LogP contribution in [-0.2, 0) is 39.8 Å². The van der Waals surface area contributed by atoms with Crippen LogP contribution in [0, 0.1) is 0 Å². The molecule has 2 aliphatic rings. The van der Waals surface area contributed by atoms with E-state index in [1.54, 1.807) is 0 Å². The predicted molar refractivity (Wildman–Crippen MR) is 129 cm³/mol. The van der Waals surface area contributed by atoms with Crippen molar-refractivity contribution in [1.82, 2.24) is 4.90 Å². The summed E-state index contributed by atoms with van der Waals surface area (Å²) in [6.45, 7) is 1.58. The monoisotopic (exact) mass is 601 g/mol. The highest BCUT2D eigenvalue weighted by atomic mass is 32.3. The van der Waals surface area contributed by atoms with Gasteiger partial charge in [0.15, 0.2) is 6.29 Å². The maximum atomic E-state index is 12.1. The van der Waals surface area contributed by atoms with Crippen LogP contribution >= 0.6 is 0 Å². The van der Waals surface area contributed by atoms with Crippen molar-refractivity contribution >= 4 is 26.7 Å². The molecule has 2 rings (SSSR count). The molecule has 1 saturated heterocycles. The molecule has 1 saturated carbocycles. The number of aliphatic hydroxyl groups is 2. The Kier molecular flexibility index (Phi) is 15.1. The van der Waals surface area contributed by atoms with Crippen LogP contribution in [0.25, 0.3) is 0 Å². The molecule has 1 aliphatic carbocycles. The van der Waals surface area contributed by atoms with E-state index in [0.717, 1.165) is 0 Å². The van der Waals surface area contributed by atoms with Crippen LogP contribution in [-0.4, -0.2) is 138 Å². The molecule has 21 heteroatoms. The van der Waals surface area contributed by atoms with Crippen LogP contribution in [0.5, 0.6) is 0 Å². The van der Waals surface area contributed by atoms with E-state index in [-0.39, 0.29) is 18.7 Å². The fourth-order valence-corrected chi connectivity index (χ4v) is 3.95. The fraction of sp³-hybridized carbons (Fsp3) is 0.941. The molecule has 228 valence electrons. The lowest BCUT2D eigenvalue weighted by Gasteiger charge is -2.50. The average Bonchev–Trinajstić information content (AvgIpc) is 2.76. The number of likely N-dealkylation sites (N-methyl/N-ethyl adjacent to an activating group) is 1. The molecule has 0 aromatic heterocycles. The molecule has 0 aromatic carbocycles. The molecule has 1 aliphatic heterocycles. The molecule has 0 aromatic rings. The van der Waals surface area contributed by atoms with Crippen LogP contribution in [0.3, 0.4) is 0 Å². The highest BCUT2D eigenvalue weighted by Gasteiger charge is 2.53. The normalized spacial score (nSPS) is 34.6. The second-order valence-electron chi connectivity index (χ2n) is 8.60. The van der Waals surface area contributed by atoms with Gasteiger partial charge in [0.1, 0.15) is 18.3 Å². The maximum Gasteiger partial charge on any atom is 0.394 e. The summed E-state index contributed by atoms with van der Waals surface area (Å²) in [6, 6.07) is -2.55. The minimum absolute atomic E-state index is 0.215. The number of aliphatic hydroxyl groups excluding tert-OH is 2. The lowest BCUT2D eigenvalue weighted by molar-refractivity contribution is -0.267. The van der Waals surface area contributed by atoms with Gasteiger partial charge in [-0.1, -0.05) is 0 Å². The number of methoxy groups -OCH3 is 1. The standard InChI is InChI=1S/C17H35N5O6.2H2O4S/c1-7(19)9-5-4-8(20)17(27-9)28-15-11(21)13(24)16(26-3)12(14(15)25)22(2)10(23)6-18;2*1-5(2,3)4/h7-9,11-17,24-25H,4-6,18-21H2,1-3H3;2*(H2,1,2,3,4)/t7?,8?,9-,11+,12+,13+,14+,15+,16+,17+;;/m0../s1. The summed E-state index contributed by atoms with van der Waals surface area (Å²) in [5.74, 6) is -0.421. The third kappa shape index (κ3) is 12.8. The van der Waals surface area contributed by atoms with Crippen LogP contribution < -0.4 is 22.9 Å². The Labute approximate surface area is 220 Å². The molecule has 14 N–H and O–H groups in total. The van der Waals surface area contributed by atoms with E-state index in [9.17, 15) is 15.0 Å². The second kappa shape index (κ2) is 15.6. The molecule has 10 atom stereocenters. The molecule has 38 heavy (non-hydrogen) atoms. The van der Waals surface area contributed by atoms with Gasteiger partial charge >= 0.3 is 20.8 Å². The summed E-state index contributed by atoms with van der Waals surface area (Å²) in [5.41, 5.74) is 23.6. The largest absolute Gasteiger partial charge is 0.394 e. The summed E-state index contributed by atoms with van der Waals surface area (Å²) in [7, 11) is -6.49. The van der Waals surface area contributed by atoms with E-state index >= 15 is 0 Å². The summed E-state index contributed by atoms with van der Waals surface area (Å²) >= 11 is 0. The van der Waals surface area contributed by atoms with Gasteiger partial charge in [-0.25, -0.2) is 0 Å². The summed E-state index contributed by atoms with van der Waals surface area (Å²) < 4.78 is 80.3. The number of carbonyl (C=O) groups is 1. The first-order valence-electron chi connectivity index (χ1n) is 11.0. The van der Waals surface area contributed by atoms with E-state index < -0.39 is 75.5 Å². The molecule has 2 unspecified atom stereocenters.